The lowest BCUT2D eigenvalue weighted by atomic mass is 9.89. The standard InChI is InChI=1S/C18H27FN2O3/c1-18(2,13-22)8-5-9-20-17(23)21-10-11-24-16(12-21)14-6-3-4-7-15(14)19/h3-4,6-7,16,22H,5,8-13H2,1-2H3,(H,20,23). The van der Waals surface area contributed by atoms with Gasteiger partial charge in [0.05, 0.1) is 13.2 Å². The maximum Gasteiger partial charge on any atom is 0.317 e. The highest BCUT2D eigenvalue weighted by atomic mass is 19.1. The number of carbonyl (C=O) groups excluding carboxylic acids is 1. The average Bonchev–Trinajstić information content (AvgIpc) is 2.59. The van der Waals surface area contributed by atoms with Gasteiger partial charge in [-0.2, -0.15) is 0 Å². The molecule has 5 nitrogen and oxygen atoms in total. The molecule has 0 saturated carbocycles. The number of carbonyl (C=O) groups is 1. The van der Waals surface area contributed by atoms with Gasteiger partial charge in [-0.3, -0.25) is 0 Å². The van der Waals surface area contributed by atoms with Crippen LogP contribution in [0.25, 0.3) is 0 Å². The maximum absolute atomic E-state index is 13.9. The van der Waals surface area contributed by atoms with Crippen LogP contribution in [0.1, 0.15) is 38.4 Å². The average molecular weight is 338 g/mol. The number of ether oxygens (including phenoxy) is 1. The van der Waals surface area contributed by atoms with Gasteiger partial charge in [-0.1, -0.05) is 32.0 Å². The van der Waals surface area contributed by atoms with Crippen LogP contribution in [0, 0.1) is 11.2 Å². The van der Waals surface area contributed by atoms with Crippen molar-refractivity contribution in [1.29, 1.82) is 0 Å². The minimum atomic E-state index is -0.431. The van der Waals surface area contributed by atoms with Crippen LogP contribution in [0.4, 0.5) is 9.18 Å². The van der Waals surface area contributed by atoms with Gasteiger partial charge in [0.25, 0.3) is 0 Å². The Hall–Kier alpha value is -1.66. The third-order valence-corrected chi connectivity index (χ3v) is 4.34. The van der Waals surface area contributed by atoms with E-state index >= 15 is 0 Å². The molecule has 2 N–H and O–H groups in total. The van der Waals surface area contributed by atoms with Crippen molar-refractivity contribution in [2.45, 2.75) is 32.8 Å². The molecule has 1 aromatic carbocycles. The lowest BCUT2D eigenvalue weighted by molar-refractivity contribution is -0.0171. The number of hydrogen-bond acceptors (Lipinski definition) is 3. The predicted octanol–water partition coefficient (Wildman–Crippen LogP) is 2.71. The summed E-state index contributed by atoms with van der Waals surface area (Å²) in [4.78, 5) is 13.9. The Kier molecular flexibility index (Phi) is 6.57. The second-order valence-corrected chi connectivity index (χ2v) is 6.98. The molecule has 0 spiro atoms. The van der Waals surface area contributed by atoms with E-state index in [9.17, 15) is 14.3 Å². The fourth-order valence-electron chi connectivity index (χ4n) is 2.71. The Morgan fingerprint density at radius 3 is 2.92 bits per heavy atom. The zero-order valence-electron chi connectivity index (χ0n) is 14.4. The fourth-order valence-corrected chi connectivity index (χ4v) is 2.71. The summed E-state index contributed by atoms with van der Waals surface area (Å²) in [5, 5.41) is 12.1. The van der Waals surface area contributed by atoms with Crippen LogP contribution in [0.2, 0.25) is 0 Å². The molecule has 1 aromatic rings. The van der Waals surface area contributed by atoms with E-state index in [1.54, 1.807) is 23.1 Å². The number of aliphatic hydroxyl groups excluding tert-OH is 1. The number of rotatable bonds is 6. The summed E-state index contributed by atoms with van der Waals surface area (Å²) in [6.07, 6.45) is 1.21. The first-order chi connectivity index (χ1) is 11.4. The van der Waals surface area contributed by atoms with E-state index in [4.69, 9.17) is 4.74 Å². The van der Waals surface area contributed by atoms with Gasteiger partial charge in [0.2, 0.25) is 0 Å². The molecule has 1 unspecified atom stereocenters. The number of nitrogens with zero attached hydrogens (tertiary/aromatic N) is 1. The van der Waals surface area contributed by atoms with Gasteiger partial charge in [-0.15, -0.1) is 0 Å². The number of amides is 2. The van der Waals surface area contributed by atoms with Crippen molar-refractivity contribution in [3.05, 3.63) is 35.6 Å². The number of nitrogens with one attached hydrogen (secondary N) is 1. The smallest absolute Gasteiger partial charge is 0.317 e. The second-order valence-electron chi connectivity index (χ2n) is 6.98. The Labute approximate surface area is 142 Å². The van der Waals surface area contributed by atoms with Gasteiger partial charge in [-0.05, 0) is 24.3 Å². The van der Waals surface area contributed by atoms with E-state index in [0.717, 1.165) is 12.8 Å². The summed E-state index contributed by atoms with van der Waals surface area (Å²) in [6.45, 7) is 5.92. The van der Waals surface area contributed by atoms with Gasteiger partial charge < -0.3 is 20.1 Å². The summed E-state index contributed by atoms with van der Waals surface area (Å²) in [5.41, 5.74) is 0.360. The van der Waals surface area contributed by atoms with Crippen LogP contribution < -0.4 is 5.32 Å². The number of urea groups is 1. The molecule has 24 heavy (non-hydrogen) atoms. The highest BCUT2D eigenvalue weighted by Gasteiger charge is 2.27. The number of aliphatic hydroxyl groups is 1. The summed E-state index contributed by atoms with van der Waals surface area (Å²) in [7, 11) is 0. The zero-order valence-corrected chi connectivity index (χ0v) is 14.4. The SMILES string of the molecule is CC(C)(CO)CCCNC(=O)N1CCOC(c2ccccc2F)C1. The molecule has 6 heteroatoms. The molecule has 0 aliphatic carbocycles. The quantitative estimate of drug-likeness (QED) is 0.784. The minimum Gasteiger partial charge on any atom is -0.396 e. The molecule has 1 aliphatic heterocycles. The second kappa shape index (κ2) is 8.44. The summed E-state index contributed by atoms with van der Waals surface area (Å²) in [6, 6.07) is 6.35. The van der Waals surface area contributed by atoms with Crippen LogP contribution in [0.15, 0.2) is 24.3 Å². The van der Waals surface area contributed by atoms with E-state index in [2.05, 4.69) is 5.32 Å². The van der Waals surface area contributed by atoms with Crippen LogP contribution in [-0.2, 0) is 4.74 Å². The van der Waals surface area contributed by atoms with E-state index in [1.165, 1.54) is 6.07 Å². The fraction of sp³-hybridized carbons (Fsp3) is 0.611. The Bertz CT molecular complexity index is 551. The third-order valence-electron chi connectivity index (χ3n) is 4.34. The molecule has 0 bridgehead atoms. The van der Waals surface area contributed by atoms with E-state index in [-0.39, 0.29) is 23.9 Å². The number of morpholine rings is 1. The lowest BCUT2D eigenvalue weighted by Gasteiger charge is -2.33. The molecule has 1 saturated heterocycles. The largest absolute Gasteiger partial charge is 0.396 e. The van der Waals surface area contributed by atoms with Gasteiger partial charge in [0.15, 0.2) is 0 Å². The van der Waals surface area contributed by atoms with Gasteiger partial charge >= 0.3 is 6.03 Å². The molecule has 1 aliphatic rings. The van der Waals surface area contributed by atoms with Crippen LogP contribution >= 0.6 is 0 Å². The molecule has 1 fully saturated rings. The number of halogens is 1. The first-order valence-electron chi connectivity index (χ1n) is 8.42. The van der Waals surface area contributed by atoms with Crippen molar-refractivity contribution in [1.82, 2.24) is 10.2 Å². The van der Waals surface area contributed by atoms with Crippen molar-refractivity contribution in [3.63, 3.8) is 0 Å². The van der Waals surface area contributed by atoms with Gasteiger partial charge in [0, 0.05) is 25.3 Å². The zero-order chi connectivity index (χ0) is 17.6. The van der Waals surface area contributed by atoms with Crippen molar-refractivity contribution in [3.8, 4) is 0 Å². The first kappa shape index (κ1) is 18.7. The Morgan fingerprint density at radius 2 is 2.21 bits per heavy atom. The molecule has 1 atom stereocenters. The Balaban J connectivity index is 1.81. The van der Waals surface area contributed by atoms with Crippen molar-refractivity contribution >= 4 is 6.03 Å². The predicted molar refractivity (Wildman–Crippen MR) is 90.2 cm³/mol. The van der Waals surface area contributed by atoms with Gasteiger partial charge in [-0.25, -0.2) is 9.18 Å². The highest BCUT2D eigenvalue weighted by molar-refractivity contribution is 5.74. The topological polar surface area (TPSA) is 61.8 Å². The van der Waals surface area contributed by atoms with E-state index < -0.39 is 6.10 Å². The minimum absolute atomic E-state index is 0.125. The first-order valence-corrected chi connectivity index (χ1v) is 8.42. The molecular formula is C18H27FN2O3. The summed E-state index contributed by atoms with van der Waals surface area (Å²) in [5.74, 6) is -0.309. The Morgan fingerprint density at radius 1 is 1.46 bits per heavy atom. The normalized spacial score (nSPS) is 18.5. The van der Waals surface area contributed by atoms with Crippen LogP contribution in [0.5, 0.6) is 0 Å². The molecule has 2 rings (SSSR count). The van der Waals surface area contributed by atoms with Crippen molar-refractivity contribution in [2.24, 2.45) is 5.41 Å². The molecule has 2 amide bonds. The highest BCUT2D eigenvalue weighted by Crippen LogP contribution is 2.24. The molecule has 134 valence electrons. The van der Waals surface area contributed by atoms with Gasteiger partial charge in [0.1, 0.15) is 11.9 Å². The van der Waals surface area contributed by atoms with Crippen LogP contribution in [-0.4, -0.2) is 48.9 Å². The van der Waals surface area contributed by atoms with Crippen molar-refractivity contribution in [2.75, 3.05) is 32.8 Å². The molecular weight excluding hydrogens is 311 g/mol. The van der Waals surface area contributed by atoms with Crippen LogP contribution in [0.3, 0.4) is 0 Å². The van der Waals surface area contributed by atoms with E-state index in [0.29, 0.717) is 31.8 Å². The summed E-state index contributed by atoms with van der Waals surface area (Å²) < 4.78 is 19.5. The lowest BCUT2D eigenvalue weighted by Crippen LogP contribution is -2.47. The third kappa shape index (κ3) is 5.18. The molecule has 1 heterocycles. The molecule has 0 aromatic heterocycles. The van der Waals surface area contributed by atoms with Crippen molar-refractivity contribution < 1.29 is 19.0 Å². The monoisotopic (exact) mass is 338 g/mol. The number of benzene rings is 1. The molecule has 0 radical (unpaired) electrons. The van der Waals surface area contributed by atoms with E-state index in [1.807, 2.05) is 13.8 Å². The maximum atomic E-state index is 13.9. The summed E-state index contributed by atoms with van der Waals surface area (Å²) >= 11 is 0. The number of hydrogen-bond donors (Lipinski definition) is 2.